The van der Waals surface area contributed by atoms with Gasteiger partial charge in [-0.2, -0.15) is 0 Å². The number of fused-ring (bicyclic) bond motifs is 1. The number of aliphatic hydroxyl groups excluding tert-OH is 1. The fraction of sp³-hybridized carbons (Fsp3) is 0.312. The summed E-state index contributed by atoms with van der Waals surface area (Å²) in [5.74, 6) is -0.656. The van der Waals surface area contributed by atoms with Gasteiger partial charge in [-0.15, -0.1) is 0 Å². The lowest BCUT2D eigenvalue weighted by Gasteiger charge is -2.26. The Bertz CT molecular complexity index is 1340. The quantitative estimate of drug-likeness (QED) is 0.230. The van der Waals surface area contributed by atoms with Gasteiger partial charge in [0.2, 0.25) is 0 Å². The molecule has 1 N–H and O–H groups in total. The van der Waals surface area contributed by atoms with E-state index in [1.54, 1.807) is 6.07 Å². The Hall–Kier alpha value is -3.86. The monoisotopic (exact) mass is 495 g/mol. The van der Waals surface area contributed by atoms with E-state index in [0.29, 0.717) is 17.9 Å². The van der Waals surface area contributed by atoms with Crippen LogP contribution in [0.2, 0.25) is 0 Å². The number of ether oxygens (including phenoxy) is 1. The van der Waals surface area contributed by atoms with E-state index in [4.69, 9.17) is 4.74 Å². The summed E-state index contributed by atoms with van der Waals surface area (Å²) >= 11 is 0. The maximum Gasteiger partial charge on any atom is 0.300 e. The number of unbranched alkanes of at least 4 members (excludes halogenated alkanes) is 1. The lowest BCUT2D eigenvalue weighted by molar-refractivity contribution is -0.132. The molecule has 190 valence electrons. The number of hydrogen-bond acceptors (Lipinski definition) is 4. The molecule has 5 nitrogen and oxygen atoms in total. The molecule has 0 saturated carbocycles. The fourth-order valence-electron chi connectivity index (χ4n) is 5.22. The third kappa shape index (κ3) is 4.78. The Morgan fingerprint density at radius 2 is 1.70 bits per heavy atom. The molecule has 3 aromatic rings. The SMILES string of the molecule is CCCCc1ccc(N2C(=O)C(=O)/C(=C(\O)c3ccc4c(c3)CCCO4)C2c2ccc(CC)cc2)cc1. The Kier molecular flexibility index (Phi) is 7.13. The van der Waals surface area contributed by atoms with Gasteiger partial charge in [0.15, 0.2) is 0 Å². The van der Waals surface area contributed by atoms with Gasteiger partial charge in [0, 0.05) is 11.3 Å². The van der Waals surface area contributed by atoms with E-state index >= 15 is 0 Å². The molecule has 1 atom stereocenters. The lowest BCUT2D eigenvalue weighted by Crippen LogP contribution is -2.29. The molecule has 2 aliphatic heterocycles. The normalized spacial score (nSPS) is 18.5. The Balaban J connectivity index is 1.62. The van der Waals surface area contributed by atoms with Crippen LogP contribution in [-0.4, -0.2) is 23.4 Å². The number of benzene rings is 3. The molecule has 0 bridgehead atoms. The van der Waals surface area contributed by atoms with Crippen molar-refractivity contribution in [1.29, 1.82) is 0 Å². The minimum absolute atomic E-state index is 0.112. The summed E-state index contributed by atoms with van der Waals surface area (Å²) in [5.41, 5.74) is 5.42. The van der Waals surface area contributed by atoms with Crippen LogP contribution in [0.4, 0.5) is 5.69 Å². The maximum absolute atomic E-state index is 13.5. The van der Waals surface area contributed by atoms with E-state index in [1.165, 1.54) is 10.5 Å². The Labute approximate surface area is 218 Å². The first-order chi connectivity index (χ1) is 18.0. The molecule has 5 rings (SSSR count). The molecule has 1 amide bonds. The number of amides is 1. The number of aryl methyl sites for hydroxylation is 3. The number of nitrogens with zero attached hydrogens (tertiary/aromatic N) is 1. The molecule has 3 aromatic carbocycles. The van der Waals surface area contributed by atoms with Crippen molar-refractivity contribution in [2.45, 2.75) is 58.4 Å². The summed E-state index contributed by atoms with van der Waals surface area (Å²) in [6.45, 7) is 4.92. The predicted molar refractivity (Wildman–Crippen MR) is 146 cm³/mol. The van der Waals surface area contributed by atoms with Gasteiger partial charge >= 0.3 is 0 Å². The molecular weight excluding hydrogens is 462 g/mol. The average Bonchev–Trinajstić information content (AvgIpc) is 3.21. The van der Waals surface area contributed by atoms with Crippen molar-refractivity contribution >= 4 is 23.1 Å². The molecule has 2 heterocycles. The minimum atomic E-state index is -0.723. The van der Waals surface area contributed by atoms with Crippen LogP contribution in [0.15, 0.2) is 72.3 Å². The van der Waals surface area contributed by atoms with Gasteiger partial charge in [-0.1, -0.05) is 56.7 Å². The number of ketones is 1. The van der Waals surface area contributed by atoms with Gasteiger partial charge in [-0.3, -0.25) is 14.5 Å². The Morgan fingerprint density at radius 1 is 0.973 bits per heavy atom. The van der Waals surface area contributed by atoms with Crippen molar-refractivity contribution in [3.63, 3.8) is 0 Å². The molecule has 37 heavy (non-hydrogen) atoms. The number of anilines is 1. The predicted octanol–water partition coefficient (Wildman–Crippen LogP) is 6.54. The first kappa shape index (κ1) is 24.8. The summed E-state index contributed by atoms with van der Waals surface area (Å²) in [6.07, 6.45) is 5.81. The highest BCUT2D eigenvalue weighted by atomic mass is 16.5. The second kappa shape index (κ2) is 10.6. The number of carbonyl (C=O) groups is 2. The molecule has 0 radical (unpaired) electrons. The first-order valence-corrected chi connectivity index (χ1v) is 13.3. The van der Waals surface area contributed by atoms with E-state index in [-0.39, 0.29) is 11.3 Å². The summed E-state index contributed by atoms with van der Waals surface area (Å²) < 4.78 is 5.72. The van der Waals surface area contributed by atoms with Gasteiger partial charge in [0.05, 0.1) is 18.2 Å². The number of Topliss-reactive ketones (excluding diaryl/α,β-unsaturated/α-hetero) is 1. The zero-order valence-corrected chi connectivity index (χ0v) is 21.5. The van der Waals surface area contributed by atoms with Crippen LogP contribution in [-0.2, 0) is 28.9 Å². The topological polar surface area (TPSA) is 66.8 Å². The van der Waals surface area contributed by atoms with Crippen molar-refractivity contribution in [2.24, 2.45) is 0 Å². The van der Waals surface area contributed by atoms with E-state index in [9.17, 15) is 14.7 Å². The summed E-state index contributed by atoms with van der Waals surface area (Å²) in [7, 11) is 0. The third-order valence-electron chi connectivity index (χ3n) is 7.36. The zero-order chi connectivity index (χ0) is 25.9. The highest BCUT2D eigenvalue weighted by molar-refractivity contribution is 6.51. The van der Waals surface area contributed by atoms with Crippen LogP contribution in [0.1, 0.15) is 67.0 Å². The van der Waals surface area contributed by atoms with Crippen molar-refractivity contribution in [3.05, 3.63) is 100 Å². The van der Waals surface area contributed by atoms with Crippen LogP contribution in [0.5, 0.6) is 5.75 Å². The van der Waals surface area contributed by atoms with E-state index in [0.717, 1.165) is 61.0 Å². The number of hydrogen-bond donors (Lipinski definition) is 1. The highest BCUT2D eigenvalue weighted by Gasteiger charge is 2.47. The largest absolute Gasteiger partial charge is 0.507 e. The van der Waals surface area contributed by atoms with Gasteiger partial charge in [0.25, 0.3) is 11.7 Å². The first-order valence-electron chi connectivity index (χ1n) is 13.3. The maximum atomic E-state index is 13.5. The summed E-state index contributed by atoms with van der Waals surface area (Å²) in [5, 5.41) is 11.5. The summed E-state index contributed by atoms with van der Waals surface area (Å²) in [6, 6.07) is 20.5. The highest BCUT2D eigenvalue weighted by Crippen LogP contribution is 2.43. The van der Waals surface area contributed by atoms with Crippen LogP contribution in [0, 0.1) is 0 Å². The van der Waals surface area contributed by atoms with Gasteiger partial charge < -0.3 is 9.84 Å². The minimum Gasteiger partial charge on any atom is -0.507 e. The fourth-order valence-corrected chi connectivity index (χ4v) is 5.22. The Morgan fingerprint density at radius 3 is 2.41 bits per heavy atom. The second-order valence-electron chi connectivity index (χ2n) is 9.81. The second-order valence-corrected chi connectivity index (χ2v) is 9.81. The molecule has 1 unspecified atom stereocenters. The van der Waals surface area contributed by atoms with Gasteiger partial charge in [-0.25, -0.2) is 0 Å². The van der Waals surface area contributed by atoms with E-state index in [1.807, 2.05) is 60.7 Å². The lowest BCUT2D eigenvalue weighted by atomic mass is 9.93. The molecule has 5 heteroatoms. The van der Waals surface area contributed by atoms with Crippen LogP contribution in [0.3, 0.4) is 0 Å². The van der Waals surface area contributed by atoms with Crippen LogP contribution >= 0.6 is 0 Å². The molecule has 0 spiro atoms. The molecular formula is C32H33NO4. The molecule has 1 fully saturated rings. The van der Waals surface area contributed by atoms with E-state index in [2.05, 4.69) is 13.8 Å². The molecule has 2 aliphatic rings. The number of carbonyl (C=O) groups excluding carboxylic acids is 2. The van der Waals surface area contributed by atoms with Gasteiger partial charge in [0.1, 0.15) is 11.5 Å². The molecule has 0 aromatic heterocycles. The molecule has 0 aliphatic carbocycles. The standard InChI is InChI=1S/C32H33NO4/c1-3-5-7-22-11-16-26(17-12-22)33-29(23-13-9-21(4-2)10-14-23)28(31(35)32(33)36)30(34)25-15-18-27-24(20-25)8-6-19-37-27/h9-18,20,29,34H,3-8,19H2,1-2H3/b30-28-. The number of rotatable bonds is 7. The summed E-state index contributed by atoms with van der Waals surface area (Å²) in [4.78, 5) is 28.5. The third-order valence-corrected chi connectivity index (χ3v) is 7.36. The number of aliphatic hydroxyl groups is 1. The average molecular weight is 496 g/mol. The van der Waals surface area contributed by atoms with Crippen molar-refractivity contribution in [1.82, 2.24) is 0 Å². The van der Waals surface area contributed by atoms with Crippen molar-refractivity contribution in [3.8, 4) is 5.75 Å². The smallest absolute Gasteiger partial charge is 0.300 e. The van der Waals surface area contributed by atoms with Crippen LogP contribution < -0.4 is 9.64 Å². The zero-order valence-electron chi connectivity index (χ0n) is 21.5. The van der Waals surface area contributed by atoms with Crippen molar-refractivity contribution < 1.29 is 19.4 Å². The van der Waals surface area contributed by atoms with Gasteiger partial charge in [-0.05, 0) is 84.7 Å². The van der Waals surface area contributed by atoms with Crippen LogP contribution in [0.25, 0.3) is 5.76 Å². The van der Waals surface area contributed by atoms with E-state index < -0.39 is 17.7 Å². The van der Waals surface area contributed by atoms with Crippen molar-refractivity contribution in [2.75, 3.05) is 11.5 Å². The molecule has 1 saturated heterocycles.